The molecule has 0 fully saturated rings. The van der Waals surface area contributed by atoms with E-state index in [1.165, 1.54) is 12.3 Å². The van der Waals surface area contributed by atoms with E-state index in [4.69, 9.17) is 9.52 Å². The van der Waals surface area contributed by atoms with Crippen molar-refractivity contribution >= 4 is 5.97 Å². The molecule has 0 bridgehead atoms. The molecule has 0 saturated carbocycles. The number of carboxylic acid groups (broad SMARTS) is 1. The van der Waals surface area contributed by atoms with Gasteiger partial charge in [-0.05, 0) is 18.6 Å². The normalized spacial score (nSPS) is 12.4. The van der Waals surface area contributed by atoms with E-state index in [0.717, 1.165) is 5.56 Å². The second-order valence-corrected chi connectivity index (χ2v) is 3.82. The molecule has 0 aliphatic heterocycles. The number of aryl methyl sites for hydroxylation is 1. The summed E-state index contributed by atoms with van der Waals surface area (Å²) in [4.78, 5) is 10.9. The molecule has 0 aliphatic rings. The molecular formula is C13H12O4. The van der Waals surface area contributed by atoms with Crippen LogP contribution in [-0.4, -0.2) is 16.2 Å². The van der Waals surface area contributed by atoms with Gasteiger partial charge in [0, 0.05) is 0 Å². The predicted octanol–water partition coefficient (Wildman–Crippen LogP) is 2.37. The minimum absolute atomic E-state index is 0.0157. The molecule has 0 amide bonds. The maximum absolute atomic E-state index is 10.9. The highest BCUT2D eigenvalue weighted by atomic mass is 16.4. The third kappa shape index (κ3) is 2.21. The van der Waals surface area contributed by atoms with E-state index in [9.17, 15) is 9.90 Å². The molecule has 17 heavy (non-hydrogen) atoms. The van der Waals surface area contributed by atoms with Crippen LogP contribution in [0.25, 0.3) is 0 Å². The van der Waals surface area contributed by atoms with Gasteiger partial charge in [-0.3, -0.25) is 0 Å². The molecule has 1 heterocycles. The summed E-state index contributed by atoms with van der Waals surface area (Å²) >= 11 is 0. The molecule has 2 rings (SSSR count). The largest absolute Gasteiger partial charge is 0.478 e. The Morgan fingerprint density at radius 2 is 1.88 bits per heavy atom. The quantitative estimate of drug-likeness (QED) is 0.852. The molecule has 1 aromatic carbocycles. The first kappa shape index (κ1) is 11.4. The number of hydrogen-bond acceptors (Lipinski definition) is 3. The van der Waals surface area contributed by atoms with Gasteiger partial charge in [0.2, 0.25) is 0 Å². The topological polar surface area (TPSA) is 70.7 Å². The molecule has 4 heteroatoms. The first-order valence-electron chi connectivity index (χ1n) is 5.15. The highest BCUT2D eigenvalue weighted by Crippen LogP contribution is 2.26. The first-order valence-corrected chi connectivity index (χ1v) is 5.15. The van der Waals surface area contributed by atoms with Crippen LogP contribution < -0.4 is 0 Å². The fraction of sp³-hybridized carbons (Fsp3) is 0.154. The Bertz CT molecular complexity index is 525. The van der Waals surface area contributed by atoms with Crippen molar-refractivity contribution in [3.8, 4) is 0 Å². The second kappa shape index (κ2) is 4.43. The Balaban J connectivity index is 2.36. The van der Waals surface area contributed by atoms with Gasteiger partial charge in [-0.15, -0.1) is 0 Å². The van der Waals surface area contributed by atoms with Crippen molar-refractivity contribution < 1.29 is 19.4 Å². The summed E-state index contributed by atoms with van der Waals surface area (Å²) in [6.45, 7) is 1.94. The average Bonchev–Trinajstić information content (AvgIpc) is 2.78. The van der Waals surface area contributed by atoms with E-state index < -0.39 is 12.1 Å². The maximum atomic E-state index is 10.9. The number of benzene rings is 1. The third-order valence-electron chi connectivity index (χ3n) is 2.57. The number of hydrogen-bond donors (Lipinski definition) is 2. The number of rotatable bonds is 3. The van der Waals surface area contributed by atoms with Crippen LogP contribution in [0.4, 0.5) is 0 Å². The van der Waals surface area contributed by atoms with E-state index in [1.54, 1.807) is 12.1 Å². The standard InChI is InChI=1S/C13H12O4/c1-8-2-4-9(5-3-8)11(14)12-10(13(15)16)6-7-17-12/h2-7,11,14H,1H3,(H,15,16). The van der Waals surface area contributed by atoms with Crippen molar-refractivity contribution in [1.82, 2.24) is 0 Å². The first-order chi connectivity index (χ1) is 8.09. The Labute approximate surface area is 98.1 Å². The van der Waals surface area contributed by atoms with E-state index >= 15 is 0 Å². The summed E-state index contributed by atoms with van der Waals surface area (Å²) in [5.74, 6) is -1.05. The average molecular weight is 232 g/mol. The SMILES string of the molecule is Cc1ccc(C(O)c2occc2C(=O)O)cc1. The molecule has 0 spiro atoms. The van der Waals surface area contributed by atoms with E-state index in [0.29, 0.717) is 5.56 Å². The molecular weight excluding hydrogens is 220 g/mol. The monoisotopic (exact) mass is 232 g/mol. The summed E-state index contributed by atoms with van der Waals surface area (Å²) in [5.41, 5.74) is 1.66. The van der Waals surface area contributed by atoms with Gasteiger partial charge >= 0.3 is 5.97 Å². The van der Waals surface area contributed by atoms with Crippen LogP contribution in [0.1, 0.15) is 33.3 Å². The summed E-state index contributed by atoms with van der Waals surface area (Å²) < 4.78 is 5.04. The second-order valence-electron chi connectivity index (χ2n) is 3.82. The zero-order chi connectivity index (χ0) is 12.4. The molecule has 2 N–H and O–H groups in total. The lowest BCUT2D eigenvalue weighted by atomic mass is 10.0. The number of aliphatic hydroxyl groups is 1. The fourth-order valence-corrected chi connectivity index (χ4v) is 1.61. The van der Waals surface area contributed by atoms with Crippen molar-refractivity contribution in [2.45, 2.75) is 13.0 Å². The summed E-state index contributed by atoms with van der Waals surface area (Å²) in [7, 11) is 0. The highest BCUT2D eigenvalue weighted by Gasteiger charge is 2.21. The van der Waals surface area contributed by atoms with E-state index in [1.807, 2.05) is 19.1 Å². The Kier molecular flexibility index (Phi) is 2.97. The van der Waals surface area contributed by atoms with Crippen LogP contribution in [0.2, 0.25) is 0 Å². The maximum Gasteiger partial charge on any atom is 0.339 e. The van der Waals surface area contributed by atoms with Crippen LogP contribution >= 0.6 is 0 Å². The molecule has 0 radical (unpaired) electrons. The Morgan fingerprint density at radius 3 is 2.47 bits per heavy atom. The molecule has 1 atom stereocenters. The van der Waals surface area contributed by atoms with Crippen LogP contribution in [0, 0.1) is 6.92 Å². The van der Waals surface area contributed by atoms with Gasteiger partial charge in [-0.25, -0.2) is 4.79 Å². The molecule has 0 aliphatic carbocycles. The zero-order valence-corrected chi connectivity index (χ0v) is 9.25. The van der Waals surface area contributed by atoms with Gasteiger partial charge < -0.3 is 14.6 Å². The van der Waals surface area contributed by atoms with E-state index in [2.05, 4.69) is 0 Å². The molecule has 0 saturated heterocycles. The summed E-state index contributed by atoms with van der Waals surface area (Å²) in [5, 5.41) is 19.0. The minimum atomic E-state index is -1.11. The van der Waals surface area contributed by atoms with Gasteiger partial charge in [0.1, 0.15) is 11.7 Å². The van der Waals surface area contributed by atoms with Gasteiger partial charge in [-0.1, -0.05) is 29.8 Å². The summed E-state index contributed by atoms with van der Waals surface area (Å²) in [6.07, 6.45) is 0.202. The molecule has 4 nitrogen and oxygen atoms in total. The van der Waals surface area contributed by atoms with Gasteiger partial charge in [0.05, 0.1) is 6.26 Å². The van der Waals surface area contributed by atoms with Crippen LogP contribution in [0.15, 0.2) is 41.0 Å². The summed E-state index contributed by atoms with van der Waals surface area (Å²) in [6, 6.07) is 8.52. The van der Waals surface area contributed by atoms with Crippen molar-refractivity contribution in [1.29, 1.82) is 0 Å². The van der Waals surface area contributed by atoms with Gasteiger partial charge in [0.25, 0.3) is 0 Å². The molecule has 2 aromatic rings. The third-order valence-corrected chi connectivity index (χ3v) is 2.57. The van der Waals surface area contributed by atoms with Crippen molar-refractivity contribution in [3.63, 3.8) is 0 Å². The smallest absolute Gasteiger partial charge is 0.339 e. The van der Waals surface area contributed by atoms with E-state index in [-0.39, 0.29) is 11.3 Å². The highest BCUT2D eigenvalue weighted by molar-refractivity contribution is 5.88. The Hall–Kier alpha value is -2.07. The van der Waals surface area contributed by atoms with Crippen LogP contribution in [-0.2, 0) is 0 Å². The molecule has 88 valence electrons. The number of aliphatic hydroxyl groups excluding tert-OH is 1. The van der Waals surface area contributed by atoms with Crippen LogP contribution in [0.3, 0.4) is 0 Å². The predicted molar refractivity (Wildman–Crippen MR) is 60.9 cm³/mol. The van der Waals surface area contributed by atoms with Gasteiger partial charge in [0.15, 0.2) is 5.76 Å². The van der Waals surface area contributed by atoms with Crippen LogP contribution in [0.5, 0.6) is 0 Å². The van der Waals surface area contributed by atoms with Crippen molar-refractivity contribution in [2.75, 3.05) is 0 Å². The lowest BCUT2D eigenvalue weighted by Crippen LogP contribution is -2.05. The van der Waals surface area contributed by atoms with Crippen molar-refractivity contribution in [2.24, 2.45) is 0 Å². The lowest BCUT2D eigenvalue weighted by Gasteiger charge is -2.09. The lowest BCUT2D eigenvalue weighted by molar-refractivity contribution is 0.0687. The number of carbonyl (C=O) groups is 1. The Morgan fingerprint density at radius 1 is 1.24 bits per heavy atom. The van der Waals surface area contributed by atoms with Crippen molar-refractivity contribution in [3.05, 3.63) is 59.0 Å². The number of furan rings is 1. The molecule has 1 unspecified atom stereocenters. The molecule has 1 aromatic heterocycles. The fourth-order valence-electron chi connectivity index (χ4n) is 1.61. The minimum Gasteiger partial charge on any atom is -0.478 e. The zero-order valence-electron chi connectivity index (χ0n) is 9.25. The number of carboxylic acids is 1. The van der Waals surface area contributed by atoms with Gasteiger partial charge in [-0.2, -0.15) is 0 Å². The number of aromatic carboxylic acids is 1.